The third-order valence-electron chi connectivity index (χ3n) is 5.71. The van der Waals surface area contributed by atoms with Crippen molar-refractivity contribution < 1.29 is 19.3 Å². The highest BCUT2D eigenvalue weighted by Gasteiger charge is 2.28. The molecule has 0 aliphatic carbocycles. The Morgan fingerprint density at radius 1 is 1.07 bits per heavy atom. The Kier molecular flexibility index (Phi) is 5.76. The van der Waals surface area contributed by atoms with Crippen LogP contribution < -0.4 is 24.0 Å². The minimum Gasteiger partial charge on any atom is -0.506 e. The lowest BCUT2D eigenvalue weighted by Gasteiger charge is -2.38. The minimum atomic E-state index is 0.296. The number of anilines is 2. The molecule has 2 aromatic carbocycles. The second kappa shape index (κ2) is 8.47. The second-order valence-corrected chi connectivity index (χ2v) is 8.31. The molecule has 2 heterocycles. The van der Waals surface area contributed by atoms with E-state index in [1.807, 2.05) is 24.3 Å². The SMILES string of the molecule is COc1cc(OC)c(N(C)C2CCN(c3nc4cccc(O)c4s3)CC2)c(OC)c1. The fourth-order valence-corrected chi connectivity index (χ4v) is 5.05. The molecule has 4 rings (SSSR count). The molecule has 1 saturated heterocycles. The largest absolute Gasteiger partial charge is 0.506 e. The van der Waals surface area contributed by atoms with Gasteiger partial charge in [0.1, 0.15) is 28.7 Å². The maximum Gasteiger partial charge on any atom is 0.186 e. The molecule has 1 aliphatic rings. The van der Waals surface area contributed by atoms with Crippen LogP contribution in [0, 0.1) is 0 Å². The van der Waals surface area contributed by atoms with Crippen molar-refractivity contribution in [2.45, 2.75) is 18.9 Å². The first kappa shape index (κ1) is 20.4. The third-order valence-corrected chi connectivity index (χ3v) is 6.86. The van der Waals surface area contributed by atoms with Crippen LogP contribution in [0.4, 0.5) is 10.8 Å². The zero-order valence-corrected chi connectivity index (χ0v) is 18.5. The summed E-state index contributed by atoms with van der Waals surface area (Å²) in [5.74, 6) is 2.47. The maximum atomic E-state index is 10.1. The number of benzene rings is 2. The Bertz CT molecular complexity index is 1010. The zero-order chi connectivity index (χ0) is 21.3. The topological polar surface area (TPSA) is 67.3 Å². The molecular weight excluding hydrogens is 402 g/mol. The number of aromatic nitrogens is 1. The lowest BCUT2D eigenvalue weighted by molar-refractivity contribution is 0.372. The summed E-state index contributed by atoms with van der Waals surface area (Å²) in [5.41, 5.74) is 1.78. The first-order valence-corrected chi connectivity index (χ1v) is 10.7. The normalized spacial score (nSPS) is 14.7. The molecule has 1 aliphatic heterocycles. The van der Waals surface area contributed by atoms with Gasteiger partial charge in [-0.05, 0) is 25.0 Å². The van der Waals surface area contributed by atoms with Gasteiger partial charge in [0, 0.05) is 38.3 Å². The first-order chi connectivity index (χ1) is 14.5. The van der Waals surface area contributed by atoms with E-state index < -0.39 is 0 Å². The van der Waals surface area contributed by atoms with Crippen LogP contribution in [0.15, 0.2) is 30.3 Å². The van der Waals surface area contributed by atoms with E-state index >= 15 is 0 Å². The van der Waals surface area contributed by atoms with Crippen molar-refractivity contribution in [3.05, 3.63) is 30.3 Å². The van der Waals surface area contributed by atoms with Gasteiger partial charge >= 0.3 is 0 Å². The molecule has 0 saturated carbocycles. The third kappa shape index (κ3) is 3.67. The highest BCUT2D eigenvalue weighted by molar-refractivity contribution is 7.22. The van der Waals surface area contributed by atoms with E-state index in [1.54, 1.807) is 38.7 Å². The number of thiazole rings is 1. The Morgan fingerprint density at radius 3 is 2.30 bits per heavy atom. The summed E-state index contributed by atoms with van der Waals surface area (Å²) in [6, 6.07) is 9.60. The van der Waals surface area contributed by atoms with Gasteiger partial charge in [-0.25, -0.2) is 4.98 Å². The van der Waals surface area contributed by atoms with Crippen molar-refractivity contribution in [2.75, 3.05) is 51.3 Å². The van der Waals surface area contributed by atoms with Gasteiger partial charge in [0.25, 0.3) is 0 Å². The van der Waals surface area contributed by atoms with Crippen LogP contribution in [-0.2, 0) is 0 Å². The molecule has 0 atom stereocenters. The van der Waals surface area contributed by atoms with Gasteiger partial charge in [0.15, 0.2) is 5.13 Å². The van der Waals surface area contributed by atoms with Crippen molar-refractivity contribution in [1.29, 1.82) is 0 Å². The number of rotatable bonds is 6. The van der Waals surface area contributed by atoms with E-state index in [1.165, 1.54) is 0 Å². The van der Waals surface area contributed by atoms with Gasteiger partial charge in [-0.1, -0.05) is 17.4 Å². The molecule has 0 spiro atoms. The quantitative estimate of drug-likeness (QED) is 0.632. The van der Waals surface area contributed by atoms with Crippen LogP contribution >= 0.6 is 11.3 Å². The summed E-state index contributed by atoms with van der Waals surface area (Å²) in [5, 5.41) is 11.0. The number of phenolic OH excluding ortho intramolecular Hbond substituents is 1. The smallest absolute Gasteiger partial charge is 0.186 e. The number of ether oxygens (including phenoxy) is 3. The monoisotopic (exact) mass is 429 g/mol. The Morgan fingerprint density at radius 2 is 1.73 bits per heavy atom. The minimum absolute atomic E-state index is 0.296. The molecule has 0 amide bonds. The van der Waals surface area contributed by atoms with Crippen molar-refractivity contribution in [3.63, 3.8) is 0 Å². The molecule has 1 fully saturated rings. The summed E-state index contributed by atoms with van der Waals surface area (Å²) in [6.45, 7) is 1.80. The average Bonchev–Trinajstić information content (AvgIpc) is 3.23. The Labute approximate surface area is 180 Å². The van der Waals surface area contributed by atoms with E-state index in [0.29, 0.717) is 17.5 Å². The summed E-state index contributed by atoms with van der Waals surface area (Å²) < 4.78 is 17.5. The maximum absolute atomic E-state index is 10.1. The van der Waals surface area contributed by atoms with E-state index in [4.69, 9.17) is 19.2 Å². The van der Waals surface area contributed by atoms with Crippen LogP contribution in [0.3, 0.4) is 0 Å². The standard InChI is InChI=1S/C22H27N3O4S/c1-24(20-18(28-3)12-15(27-2)13-19(20)29-4)14-8-10-25(11-9-14)22-23-16-6-5-7-17(26)21(16)30-22/h5-7,12-14,26H,8-11H2,1-4H3. The van der Waals surface area contributed by atoms with Crippen molar-refractivity contribution >= 4 is 32.4 Å². The molecule has 3 aromatic rings. The van der Waals surface area contributed by atoms with Gasteiger partial charge in [-0.2, -0.15) is 0 Å². The summed E-state index contributed by atoms with van der Waals surface area (Å²) in [6.07, 6.45) is 1.97. The number of nitrogens with zero attached hydrogens (tertiary/aromatic N) is 3. The number of hydrogen-bond donors (Lipinski definition) is 1. The zero-order valence-electron chi connectivity index (χ0n) is 17.7. The number of piperidine rings is 1. The molecule has 8 heteroatoms. The number of hydrogen-bond acceptors (Lipinski definition) is 8. The molecule has 30 heavy (non-hydrogen) atoms. The molecule has 160 valence electrons. The fraction of sp³-hybridized carbons (Fsp3) is 0.409. The molecule has 1 aromatic heterocycles. The molecule has 0 unspecified atom stereocenters. The first-order valence-electron chi connectivity index (χ1n) is 9.92. The van der Waals surface area contributed by atoms with Gasteiger partial charge in [0.2, 0.25) is 0 Å². The summed E-state index contributed by atoms with van der Waals surface area (Å²) in [7, 11) is 7.05. The fourth-order valence-electron chi connectivity index (χ4n) is 4.02. The molecule has 7 nitrogen and oxygen atoms in total. The second-order valence-electron chi connectivity index (χ2n) is 7.33. The lowest BCUT2D eigenvalue weighted by Crippen LogP contribution is -2.43. The average molecular weight is 430 g/mol. The van der Waals surface area contributed by atoms with E-state index in [-0.39, 0.29) is 0 Å². The number of phenols is 1. The van der Waals surface area contributed by atoms with Crippen LogP contribution in [0.2, 0.25) is 0 Å². The van der Waals surface area contributed by atoms with Gasteiger partial charge in [-0.3, -0.25) is 0 Å². The molecule has 0 bridgehead atoms. The highest BCUT2D eigenvalue weighted by Crippen LogP contribution is 2.43. The van der Waals surface area contributed by atoms with Crippen molar-refractivity contribution in [1.82, 2.24) is 4.98 Å². The van der Waals surface area contributed by atoms with E-state index in [9.17, 15) is 5.11 Å². The van der Waals surface area contributed by atoms with Crippen molar-refractivity contribution in [2.24, 2.45) is 0 Å². The number of aromatic hydroxyl groups is 1. The van der Waals surface area contributed by atoms with Gasteiger partial charge in [-0.15, -0.1) is 0 Å². The van der Waals surface area contributed by atoms with Crippen molar-refractivity contribution in [3.8, 4) is 23.0 Å². The lowest BCUT2D eigenvalue weighted by atomic mass is 10.0. The van der Waals surface area contributed by atoms with E-state index in [0.717, 1.165) is 58.5 Å². The number of methoxy groups -OCH3 is 3. The summed E-state index contributed by atoms with van der Waals surface area (Å²) >= 11 is 1.55. The Hall–Kier alpha value is -2.87. The molecule has 0 radical (unpaired) electrons. The van der Waals surface area contributed by atoms with Crippen LogP contribution in [0.25, 0.3) is 10.2 Å². The predicted molar refractivity (Wildman–Crippen MR) is 121 cm³/mol. The van der Waals surface area contributed by atoms with Crippen LogP contribution in [0.1, 0.15) is 12.8 Å². The van der Waals surface area contributed by atoms with Gasteiger partial charge < -0.3 is 29.1 Å². The number of fused-ring (bicyclic) bond motifs is 1. The van der Waals surface area contributed by atoms with Crippen LogP contribution in [0.5, 0.6) is 23.0 Å². The highest BCUT2D eigenvalue weighted by atomic mass is 32.1. The molecular formula is C22H27N3O4S. The van der Waals surface area contributed by atoms with Crippen LogP contribution in [-0.4, -0.2) is 57.6 Å². The Balaban J connectivity index is 1.52. The molecule has 1 N–H and O–H groups in total. The van der Waals surface area contributed by atoms with Gasteiger partial charge in [0.05, 0.1) is 31.5 Å². The summed E-state index contributed by atoms with van der Waals surface area (Å²) in [4.78, 5) is 9.27. The predicted octanol–water partition coefficient (Wildman–Crippen LogP) is 4.13. The van der Waals surface area contributed by atoms with E-state index in [2.05, 4.69) is 16.8 Å².